The molecule has 0 spiro atoms. The Bertz CT molecular complexity index is 1700. The fourth-order valence-corrected chi connectivity index (χ4v) is 4.87. The molecule has 3 heterocycles. The van der Waals surface area contributed by atoms with Gasteiger partial charge >= 0.3 is 17.9 Å². The maximum atomic E-state index is 10.6. The molecule has 0 aliphatic carbocycles. The van der Waals surface area contributed by atoms with Crippen molar-refractivity contribution < 1.29 is 65.3 Å². The summed E-state index contributed by atoms with van der Waals surface area (Å²) >= 11 is 0. The van der Waals surface area contributed by atoms with E-state index in [-0.39, 0.29) is 35.6 Å². The molecule has 6 rings (SSSR count). The smallest absolute Gasteiger partial charge is 0.320 e. The SMILES string of the molecule is N[C@@H](Cc1c[nH]c2ccccc12)C(=O)O.N[C@@H](Cc1c[nH]c2ccccc12)C(=O)O.N[C@@H](Cc1c[nH]c2ccccc12)C(=O)O.[La]. The molecule has 12 nitrogen and oxygen atoms in total. The third-order valence-corrected chi connectivity index (χ3v) is 7.30. The first kappa shape index (κ1) is 36.2. The van der Waals surface area contributed by atoms with Crippen LogP contribution < -0.4 is 17.2 Å². The molecule has 46 heavy (non-hydrogen) atoms. The van der Waals surface area contributed by atoms with Crippen molar-refractivity contribution in [2.24, 2.45) is 17.2 Å². The van der Waals surface area contributed by atoms with Crippen LogP contribution >= 0.6 is 0 Å². The Morgan fingerprint density at radius 2 is 0.739 bits per heavy atom. The number of aliphatic carboxylic acids is 3. The monoisotopic (exact) mass is 751 g/mol. The number of benzene rings is 3. The van der Waals surface area contributed by atoms with Crippen molar-refractivity contribution in [3.8, 4) is 0 Å². The quantitative estimate of drug-likeness (QED) is 0.105. The van der Waals surface area contributed by atoms with Crippen molar-refractivity contribution >= 4 is 50.6 Å². The first-order chi connectivity index (χ1) is 21.5. The van der Waals surface area contributed by atoms with Gasteiger partial charge in [-0.2, -0.15) is 0 Å². The fraction of sp³-hybridized carbons (Fsp3) is 0.182. The molecule has 0 saturated carbocycles. The van der Waals surface area contributed by atoms with E-state index in [4.69, 9.17) is 32.5 Å². The summed E-state index contributed by atoms with van der Waals surface area (Å²) in [7, 11) is 0. The second-order valence-corrected chi connectivity index (χ2v) is 10.5. The zero-order chi connectivity index (χ0) is 32.5. The van der Waals surface area contributed by atoms with Gasteiger partial charge in [0.1, 0.15) is 18.1 Å². The van der Waals surface area contributed by atoms with Gasteiger partial charge in [-0.1, -0.05) is 54.6 Å². The van der Waals surface area contributed by atoms with Crippen LogP contribution in [-0.2, 0) is 33.6 Å². The molecule has 237 valence electrons. The Balaban J connectivity index is 0.000000186. The summed E-state index contributed by atoms with van der Waals surface area (Å²) < 4.78 is 0. The van der Waals surface area contributed by atoms with E-state index in [0.717, 1.165) is 49.4 Å². The summed E-state index contributed by atoms with van der Waals surface area (Å²) in [6.07, 6.45) is 6.48. The molecule has 3 aromatic heterocycles. The van der Waals surface area contributed by atoms with Crippen LogP contribution in [0.1, 0.15) is 16.7 Å². The van der Waals surface area contributed by atoms with Gasteiger partial charge in [0.05, 0.1) is 0 Å². The fourth-order valence-electron chi connectivity index (χ4n) is 4.87. The Labute approximate surface area is 292 Å². The van der Waals surface area contributed by atoms with Crippen molar-refractivity contribution in [2.75, 3.05) is 0 Å². The van der Waals surface area contributed by atoms with E-state index >= 15 is 0 Å². The van der Waals surface area contributed by atoms with Crippen LogP contribution in [0.5, 0.6) is 0 Å². The summed E-state index contributed by atoms with van der Waals surface area (Å²) in [4.78, 5) is 41.1. The molecule has 12 N–H and O–H groups in total. The zero-order valence-electron chi connectivity index (χ0n) is 24.9. The number of aromatic amines is 3. The standard InChI is InChI=1S/3C11H12N2O2.La/c3*12-9(11(14)15)5-7-6-13-10-4-2-1-3-8(7)10;/h3*1-4,6,9,13H,5,12H2,(H,14,15);/t3*9-;/m000./s1. The number of carboxylic acid groups (broad SMARTS) is 3. The minimum atomic E-state index is -0.972. The Morgan fingerprint density at radius 1 is 0.500 bits per heavy atom. The second kappa shape index (κ2) is 16.9. The third-order valence-electron chi connectivity index (χ3n) is 7.30. The van der Waals surface area contributed by atoms with E-state index in [1.54, 1.807) is 0 Å². The molecule has 0 bridgehead atoms. The molecule has 3 aromatic carbocycles. The van der Waals surface area contributed by atoms with E-state index in [1.807, 2.05) is 91.4 Å². The average Bonchev–Trinajstić information content (AvgIpc) is 3.75. The third kappa shape index (κ3) is 9.39. The van der Waals surface area contributed by atoms with Gasteiger partial charge < -0.3 is 47.5 Å². The number of carboxylic acids is 3. The van der Waals surface area contributed by atoms with E-state index in [0.29, 0.717) is 19.3 Å². The number of carbonyl (C=O) groups is 3. The van der Waals surface area contributed by atoms with Crippen LogP contribution in [0.15, 0.2) is 91.4 Å². The van der Waals surface area contributed by atoms with Gasteiger partial charge in [0.15, 0.2) is 0 Å². The number of nitrogens with one attached hydrogen (secondary N) is 3. The van der Waals surface area contributed by atoms with Crippen LogP contribution in [0.2, 0.25) is 0 Å². The summed E-state index contributed by atoms with van der Waals surface area (Å²) in [6.45, 7) is 0. The maximum Gasteiger partial charge on any atom is 0.320 e. The number of nitrogens with two attached hydrogens (primary N) is 3. The van der Waals surface area contributed by atoms with E-state index in [9.17, 15) is 14.4 Å². The molecule has 1 radical (unpaired) electrons. The second-order valence-electron chi connectivity index (χ2n) is 10.5. The topological polar surface area (TPSA) is 237 Å². The van der Waals surface area contributed by atoms with E-state index < -0.39 is 36.0 Å². The molecule has 6 aromatic rings. The van der Waals surface area contributed by atoms with Crippen molar-refractivity contribution in [1.82, 2.24) is 15.0 Å². The van der Waals surface area contributed by atoms with Crippen LogP contribution in [-0.4, -0.2) is 66.3 Å². The number of H-pyrrole nitrogens is 3. The normalized spacial score (nSPS) is 12.6. The van der Waals surface area contributed by atoms with Crippen molar-refractivity contribution in [2.45, 2.75) is 37.4 Å². The number of para-hydroxylation sites is 3. The van der Waals surface area contributed by atoms with Crippen LogP contribution in [0.4, 0.5) is 0 Å². The summed E-state index contributed by atoms with van der Waals surface area (Å²) in [5.41, 5.74) is 22.3. The van der Waals surface area contributed by atoms with Gasteiger partial charge in [-0.25, -0.2) is 0 Å². The van der Waals surface area contributed by atoms with Crippen LogP contribution in [0.25, 0.3) is 32.7 Å². The summed E-state index contributed by atoms with van der Waals surface area (Å²) in [5, 5.41) is 29.3. The van der Waals surface area contributed by atoms with Gasteiger partial charge in [-0.05, 0) is 34.9 Å². The molecule has 0 unspecified atom stereocenters. The molecule has 13 heteroatoms. The van der Waals surface area contributed by atoms with Crippen LogP contribution in [0.3, 0.4) is 0 Å². The van der Waals surface area contributed by atoms with Crippen LogP contribution in [0, 0.1) is 35.6 Å². The predicted molar refractivity (Wildman–Crippen MR) is 173 cm³/mol. The predicted octanol–water partition coefficient (Wildman–Crippen LogP) is 3.37. The number of hydrogen-bond acceptors (Lipinski definition) is 6. The maximum absolute atomic E-state index is 10.6. The molecule has 3 atom stereocenters. The zero-order valence-corrected chi connectivity index (χ0v) is 28.5. The Kier molecular flexibility index (Phi) is 13.3. The first-order valence-electron chi connectivity index (χ1n) is 14.1. The summed E-state index contributed by atoms with van der Waals surface area (Å²) in [6, 6.07) is 20.7. The Hall–Kier alpha value is -4.24. The number of hydrogen-bond donors (Lipinski definition) is 9. The van der Waals surface area contributed by atoms with Gasteiger partial charge in [0.2, 0.25) is 0 Å². The first-order valence-corrected chi connectivity index (χ1v) is 14.1. The van der Waals surface area contributed by atoms with Gasteiger partial charge in [-0.3, -0.25) is 14.4 Å². The molecule has 0 saturated heterocycles. The minimum absolute atomic E-state index is 0. The van der Waals surface area contributed by atoms with Gasteiger partial charge in [0, 0.05) is 106 Å². The summed E-state index contributed by atoms with van der Waals surface area (Å²) in [5.74, 6) is -2.92. The largest absolute Gasteiger partial charge is 0.480 e. The van der Waals surface area contributed by atoms with Gasteiger partial charge in [0.25, 0.3) is 0 Å². The molecule has 0 aliphatic heterocycles. The molecule has 0 aliphatic rings. The molecular formula is C33H36LaN6O6. The number of fused-ring (bicyclic) bond motifs is 3. The van der Waals surface area contributed by atoms with E-state index in [2.05, 4.69) is 15.0 Å². The molecule has 0 fully saturated rings. The number of rotatable bonds is 9. The van der Waals surface area contributed by atoms with Gasteiger partial charge in [-0.15, -0.1) is 0 Å². The Morgan fingerprint density at radius 3 is 0.978 bits per heavy atom. The molecule has 0 amide bonds. The minimum Gasteiger partial charge on any atom is -0.480 e. The van der Waals surface area contributed by atoms with Crippen molar-refractivity contribution in [1.29, 1.82) is 0 Å². The molecular weight excluding hydrogens is 715 g/mol. The average molecular weight is 752 g/mol. The van der Waals surface area contributed by atoms with E-state index in [1.165, 1.54) is 0 Å². The van der Waals surface area contributed by atoms with Crippen molar-refractivity contribution in [3.63, 3.8) is 0 Å². The van der Waals surface area contributed by atoms with Crippen molar-refractivity contribution in [3.05, 3.63) is 108 Å². The number of aromatic nitrogens is 3.